The first-order valence-electron chi connectivity index (χ1n) is 11.9. The monoisotopic (exact) mass is 544 g/mol. The van der Waals surface area contributed by atoms with Gasteiger partial charge >= 0.3 is 11.0 Å². The summed E-state index contributed by atoms with van der Waals surface area (Å²) in [7, 11) is 0. The van der Waals surface area contributed by atoms with E-state index in [2.05, 4.69) is 4.98 Å². The lowest BCUT2D eigenvalue weighted by Crippen LogP contribution is -2.42. The molecule has 6 nitrogen and oxygen atoms in total. The number of anilines is 1. The van der Waals surface area contributed by atoms with E-state index in [4.69, 9.17) is 0 Å². The first kappa shape index (κ1) is 23.1. The number of hydrogen-bond donors (Lipinski definition) is 2. The molecule has 2 N–H and O–H groups in total. The predicted octanol–water partition coefficient (Wildman–Crippen LogP) is 4.84. The molecule has 2 amide bonds. The number of thiazole rings is 1. The summed E-state index contributed by atoms with van der Waals surface area (Å²) < 4.78 is 41.3. The molecule has 2 aliphatic carbocycles. The second-order valence-corrected chi connectivity index (χ2v) is 12.2. The Labute approximate surface area is 216 Å². The van der Waals surface area contributed by atoms with Gasteiger partial charge in [-0.2, -0.15) is 13.2 Å². The lowest BCUT2D eigenvalue weighted by atomic mass is 9.68. The Hall–Kier alpha value is -3.05. The van der Waals surface area contributed by atoms with Crippen molar-refractivity contribution < 1.29 is 27.9 Å². The van der Waals surface area contributed by atoms with E-state index >= 15 is 0 Å². The van der Waals surface area contributed by atoms with Crippen molar-refractivity contribution >= 4 is 40.6 Å². The van der Waals surface area contributed by atoms with E-state index in [1.54, 1.807) is 24.3 Å². The molecule has 4 aliphatic rings. The Balaban J connectivity index is 1.34. The van der Waals surface area contributed by atoms with Gasteiger partial charge in [0.1, 0.15) is 5.75 Å². The lowest BCUT2D eigenvalue weighted by Gasteiger charge is -2.43. The molecule has 3 fully saturated rings. The Morgan fingerprint density at radius 2 is 1.62 bits per heavy atom. The molecule has 3 heterocycles. The minimum Gasteiger partial charge on any atom is -0.508 e. The molecule has 7 rings (SSSR count). The van der Waals surface area contributed by atoms with Crippen LogP contribution < -0.4 is 9.77 Å². The number of phenols is 1. The number of nitrogens with one attached hydrogen (secondary N) is 1. The number of carbonyl (C=O) groups is 2. The van der Waals surface area contributed by atoms with E-state index in [-0.39, 0.29) is 39.5 Å². The Morgan fingerprint density at radius 3 is 2.35 bits per heavy atom. The Kier molecular flexibility index (Phi) is 4.83. The molecule has 1 saturated heterocycles. The lowest BCUT2D eigenvalue weighted by molar-refractivity contribution is -0.137. The normalized spacial score (nSPS) is 32.0. The molecule has 2 saturated carbocycles. The van der Waals surface area contributed by atoms with Gasteiger partial charge < -0.3 is 10.1 Å². The van der Waals surface area contributed by atoms with Gasteiger partial charge in [-0.3, -0.25) is 14.4 Å². The molecule has 37 heavy (non-hydrogen) atoms. The van der Waals surface area contributed by atoms with Gasteiger partial charge in [0, 0.05) is 21.6 Å². The number of para-hydroxylation sites is 2. The van der Waals surface area contributed by atoms with E-state index in [1.165, 1.54) is 30.0 Å². The fourth-order valence-electron chi connectivity index (χ4n) is 7.26. The number of benzene rings is 2. The predicted molar refractivity (Wildman–Crippen MR) is 131 cm³/mol. The summed E-state index contributed by atoms with van der Waals surface area (Å²) in [5.41, 5.74) is -0.785. The molecule has 5 unspecified atom stereocenters. The molecule has 190 valence electrons. The van der Waals surface area contributed by atoms with Crippen LogP contribution in [0.3, 0.4) is 0 Å². The van der Waals surface area contributed by atoms with Crippen LogP contribution >= 0.6 is 23.1 Å². The van der Waals surface area contributed by atoms with Crippen LogP contribution in [0.4, 0.5) is 18.9 Å². The number of halogens is 3. The number of aromatic hydroxyl groups is 1. The maximum Gasteiger partial charge on any atom is 0.418 e. The van der Waals surface area contributed by atoms with Gasteiger partial charge in [-0.25, -0.2) is 4.90 Å². The molecule has 0 spiro atoms. The number of thioether (sulfide) groups is 1. The molecule has 3 aromatic rings. The number of aromatic nitrogens is 1. The number of rotatable bonds is 2. The summed E-state index contributed by atoms with van der Waals surface area (Å²) in [4.78, 5) is 43.9. The van der Waals surface area contributed by atoms with Gasteiger partial charge in [-0.15, -0.1) is 11.8 Å². The first-order chi connectivity index (χ1) is 17.7. The van der Waals surface area contributed by atoms with Crippen LogP contribution in [0.1, 0.15) is 28.3 Å². The third-order valence-electron chi connectivity index (χ3n) is 8.45. The molecule has 11 heteroatoms. The number of aromatic amines is 1. The molecule has 1 aromatic heterocycles. The minimum absolute atomic E-state index is 0.0822. The number of alkyl halides is 3. The number of fused-ring (bicyclic) bond motifs is 9. The quantitative estimate of drug-likeness (QED) is 0.451. The number of amides is 2. The van der Waals surface area contributed by atoms with Crippen molar-refractivity contribution in [2.75, 3.05) is 4.90 Å². The third-order valence-corrected chi connectivity index (χ3v) is 11.0. The van der Waals surface area contributed by atoms with Crippen molar-refractivity contribution in [1.82, 2.24) is 4.98 Å². The van der Waals surface area contributed by atoms with Crippen molar-refractivity contribution in [2.24, 2.45) is 29.6 Å². The molecular formula is C26H19F3N2O4S2. The summed E-state index contributed by atoms with van der Waals surface area (Å²) in [5.74, 6) is -3.53. The maximum absolute atomic E-state index is 13.8. The van der Waals surface area contributed by atoms with Crippen molar-refractivity contribution in [1.29, 1.82) is 0 Å². The van der Waals surface area contributed by atoms with Crippen molar-refractivity contribution in [2.45, 2.75) is 28.8 Å². The molecule has 2 bridgehead atoms. The zero-order chi connectivity index (χ0) is 25.8. The number of nitrogens with zero attached hydrogens (tertiary/aromatic N) is 1. The standard InChI is InChI=1S/C26H19F3N2O4S2/c27-26(28,29)13-6-2-3-7-14(13)31-23(33)18-11-9-12(19(18)24(31)34)20-17(11)16(10-5-1-4-8-15(10)32)21-22(36-20)30-25(35)37-21/h1-8,11-12,16-20,32H,9H2,(H,30,35)/t11-,12-,16?,17?,18?,19?,20?/m1/s1. The van der Waals surface area contributed by atoms with Gasteiger partial charge in [0.2, 0.25) is 11.8 Å². The molecule has 2 aliphatic heterocycles. The molecule has 2 aromatic carbocycles. The van der Waals surface area contributed by atoms with Crippen LogP contribution in [0, 0.1) is 29.6 Å². The average molecular weight is 545 g/mol. The van der Waals surface area contributed by atoms with Gasteiger partial charge in [-0.1, -0.05) is 41.7 Å². The largest absolute Gasteiger partial charge is 0.508 e. The fraction of sp³-hybridized carbons (Fsp3) is 0.346. The van der Waals surface area contributed by atoms with Crippen molar-refractivity contribution in [3.05, 3.63) is 74.2 Å². The Morgan fingerprint density at radius 1 is 0.946 bits per heavy atom. The summed E-state index contributed by atoms with van der Waals surface area (Å²) in [5, 5.41) is 11.3. The van der Waals surface area contributed by atoms with E-state index in [1.807, 2.05) is 0 Å². The van der Waals surface area contributed by atoms with Crippen LogP contribution in [-0.2, 0) is 15.8 Å². The van der Waals surface area contributed by atoms with Crippen molar-refractivity contribution in [3.8, 4) is 5.75 Å². The number of phenolic OH excluding ortho intramolecular Hbond substituents is 1. The highest BCUT2D eigenvalue weighted by atomic mass is 32.2. The fourth-order valence-corrected chi connectivity index (χ4v) is 10.1. The highest BCUT2D eigenvalue weighted by molar-refractivity contribution is 8.00. The molecular weight excluding hydrogens is 525 g/mol. The third kappa shape index (κ3) is 3.10. The van der Waals surface area contributed by atoms with Crippen LogP contribution in [0.25, 0.3) is 0 Å². The van der Waals surface area contributed by atoms with Crippen molar-refractivity contribution in [3.63, 3.8) is 0 Å². The second-order valence-electron chi connectivity index (χ2n) is 10.0. The van der Waals surface area contributed by atoms with Gasteiger partial charge in [0.15, 0.2) is 0 Å². The van der Waals surface area contributed by atoms with E-state index in [0.717, 1.165) is 27.2 Å². The molecule has 7 atom stereocenters. The maximum atomic E-state index is 13.8. The van der Waals surface area contributed by atoms with E-state index in [0.29, 0.717) is 17.0 Å². The summed E-state index contributed by atoms with van der Waals surface area (Å²) in [6.45, 7) is 0. The SMILES string of the molecule is O=C1C2C(C(=O)N1c1ccccc1C(F)(F)F)[C@@H]1C[C@H]2C2Sc3[nH]c(=O)sc3C(c3ccccc3O)C21. The number of H-pyrrole nitrogens is 1. The second kappa shape index (κ2) is 7.73. The Bertz CT molecular complexity index is 1530. The van der Waals surface area contributed by atoms with Gasteiger partial charge in [-0.05, 0) is 42.4 Å². The average Bonchev–Trinajstić information content (AvgIpc) is 3.58. The van der Waals surface area contributed by atoms with Crippen LogP contribution in [0.2, 0.25) is 0 Å². The zero-order valence-electron chi connectivity index (χ0n) is 18.9. The minimum atomic E-state index is -4.71. The molecule has 0 radical (unpaired) electrons. The number of hydrogen-bond acceptors (Lipinski definition) is 6. The van der Waals surface area contributed by atoms with Gasteiger partial charge in [0.25, 0.3) is 0 Å². The van der Waals surface area contributed by atoms with E-state index in [9.17, 15) is 32.7 Å². The van der Waals surface area contributed by atoms with E-state index < -0.39 is 41.1 Å². The number of imide groups is 1. The van der Waals surface area contributed by atoms with Crippen LogP contribution in [0.5, 0.6) is 5.75 Å². The van der Waals surface area contributed by atoms with Crippen LogP contribution in [0.15, 0.2) is 58.4 Å². The first-order valence-corrected chi connectivity index (χ1v) is 13.6. The summed E-state index contributed by atoms with van der Waals surface area (Å²) >= 11 is 2.56. The zero-order valence-corrected chi connectivity index (χ0v) is 20.6. The highest BCUT2D eigenvalue weighted by Gasteiger charge is 2.70. The topological polar surface area (TPSA) is 90.5 Å². The summed E-state index contributed by atoms with van der Waals surface area (Å²) in [6, 6.07) is 11.6. The smallest absolute Gasteiger partial charge is 0.418 e. The van der Waals surface area contributed by atoms with Crippen LogP contribution in [-0.4, -0.2) is 27.2 Å². The van der Waals surface area contributed by atoms with Gasteiger partial charge in [0.05, 0.1) is 28.1 Å². The highest BCUT2D eigenvalue weighted by Crippen LogP contribution is 2.69. The summed E-state index contributed by atoms with van der Waals surface area (Å²) in [6.07, 6.45) is -4.11. The number of carbonyl (C=O) groups excluding carboxylic acids is 2.